The van der Waals surface area contributed by atoms with Crippen LogP contribution in [0, 0.1) is 0 Å². The largest absolute Gasteiger partial charge is 0.497 e. The van der Waals surface area contributed by atoms with Crippen molar-refractivity contribution in [3.63, 3.8) is 0 Å². The highest BCUT2D eigenvalue weighted by molar-refractivity contribution is 7.99. The predicted octanol–water partition coefficient (Wildman–Crippen LogP) is 3.52. The molecule has 3 aromatic rings. The first kappa shape index (κ1) is 19.1. The van der Waals surface area contributed by atoms with Crippen LogP contribution in [0.25, 0.3) is 0 Å². The summed E-state index contributed by atoms with van der Waals surface area (Å²) < 4.78 is 21.3. The SMILES string of the molecule is COc1ccc(SCCC(=O)Nc2nnc(Cc3ccc4c(c3)OCO4)o2)cc1. The molecule has 1 N–H and O–H groups in total. The average Bonchev–Trinajstić information content (AvgIpc) is 3.37. The van der Waals surface area contributed by atoms with Gasteiger partial charge in [0.1, 0.15) is 5.75 Å². The first-order valence-electron chi connectivity index (χ1n) is 8.97. The van der Waals surface area contributed by atoms with Gasteiger partial charge in [-0.3, -0.25) is 10.1 Å². The summed E-state index contributed by atoms with van der Waals surface area (Å²) in [4.78, 5) is 13.2. The van der Waals surface area contributed by atoms with E-state index in [0.29, 0.717) is 30.2 Å². The van der Waals surface area contributed by atoms with Gasteiger partial charge in [0.25, 0.3) is 0 Å². The molecule has 0 atom stereocenters. The van der Waals surface area contributed by atoms with Crippen LogP contribution in [0.15, 0.2) is 51.8 Å². The van der Waals surface area contributed by atoms with E-state index in [1.165, 1.54) is 0 Å². The summed E-state index contributed by atoms with van der Waals surface area (Å²) in [5.74, 6) is 3.09. The van der Waals surface area contributed by atoms with Gasteiger partial charge in [-0.2, -0.15) is 0 Å². The number of aromatic nitrogens is 2. The van der Waals surface area contributed by atoms with Crippen LogP contribution in [-0.4, -0.2) is 35.8 Å². The normalized spacial score (nSPS) is 12.0. The number of nitrogens with zero attached hydrogens (tertiary/aromatic N) is 2. The molecule has 0 saturated heterocycles. The van der Waals surface area contributed by atoms with Gasteiger partial charge in [-0.05, 0) is 42.0 Å². The van der Waals surface area contributed by atoms with Crippen LogP contribution >= 0.6 is 11.8 Å². The molecule has 0 radical (unpaired) electrons. The monoisotopic (exact) mass is 413 g/mol. The number of methoxy groups -OCH3 is 1. The van der Waals surface area contributed by atoms with Crippen LogP contribution in [-0.2, 0) is 11.2 Å². The zero-order valence-electron chi connectivity index (χ0n) is 15.7. The van der Waals surface area contributed by atoms with Gasteiger partial charge in [-0.1, -0.05) is 11.2 Å². The van der Waals surface area contributed by atoms with Crippen LogP contribution in [0.2, 0.25) is 0 Å². The third-order valence-electron chi connectivity index (χ3n) is 4.16. The van der Waals surface area contributed by atoms with Crippen LogP contribution in [0.3, 0.4) is 0 Å². The Kier molecular flexibility index (Phi) is 5.85. The van der Waals surface area contributed by atoms with E-state index in [9.17, 15) is 4.79 Å². The standard InChI is InChI=1S/C20H19N3O5S/c1-25-14-3-5-15(6-4-14)29-9-8-18(24)21-20-23-22-19(28-20)11-13-2-7-16-17(10-13)27-12-26-16/h2-7,10H,8-9,11-12H2,1H3,(H,21,23,24). The number of hydrogen-bond donors (Lipinski definition) is 1. The highest BCUT2D eigenvalue weighted by Gasteiger charge is 2.15. The summed E-state index contributed by atoms with van der Waals surface area (Å²) in [5, 5.41) is 10.5. The molecular formula is C20H19N3O5S. The van der Waals surface area contributed by atoms with Gasteiger partial charge in [0, 0.05) is 17.1 Å². The summed E-state index contributed by atoms with van der Waals surface area (Å²) in [7, 11) is 1.63. The summed E-state index contributed by atoms with van der Waals surface area (Å²) in [6.07, 6.45) is 0.767. The number of hydrogen-bond acceptors (Lipinski definition) is 8. The molecule has 0 bridgehead atoms. The molecule has 1 aliphatic heterocycles. The Bertz CT molecular complexity index is 990. The van der Waals surface area contributed by atoms with E-state index in [-0.39, 0.29) is 18.7 Å². The van der Waals surface area contributed by atoms with Crippen molar-refractivity contribution in [1.82, 2.24) is 10.2 Å². The maximum atomic E-state index is 12.1. The maximum absolute atomic E-state index is 12.1. The van der Waals surface area contributed by atoms with Gasteiger partial charge in [-0.25, -0.2) is 0 Å². The molecule has 4 rings (SSSR count). The molecule has 1 aromatic heterocycles. The molecule has 0 unspecified atom stereocenters. The van der Waals surface area contributed by atoms with Crippen LogP contribution in [0.1, 0.15) is 17.9 Å². The van der Waals surface area contributed by atoms with Crippen molar-refractivity contribution in [3.8, 4) is 17.2 Å². The minimum atomic E-state index is -0.177. The highest BCUT2D eigenvalue weighted by atomic mass is 32.2. The van der Waals surface area contributed by atoms with E-state index in [2.05, 4.69) is 15.5 Å². The van der Waals surface area contributed by atoms with Crippen molar-refractivity contribution in [3.05, 3.63) is 53.9 Å². The predicted molar refractivity (Wildman–Crippen MR) is 107 cm³/mol. The fraction of sp³-hybridized carbons (Fsp3) is 0.250. The van der Waals surface area contributed by atoms with Gasteiger partial charge in [0.2, 0.25) is 18.6 Å². The van der Waals surface area contributed by atoms with Gasteiger partial charge < -0.3 is 18.6 Å². The first-order valence-corrected chi connectivity index (χ1v) is 9.96. The zero-order chi connectivity index (χ0) is 20.1. The van der Waals surface area contributed by atoms with E-state index in [0.717, 1.165) is 22.0 Å². The number of fused-ring (bicyclic) bond motifs is 1. The molecule has 1 amide bonds. The van der Waals surface area contributed by atoms with Gasteiger partial charge in [0.05, 0.1) is 13.5 Å². The number of amides is 1. The quantitative estimate of drug-likeness (QED) is 0.561. The first-order chi connectivity index (χ1) is 14.2. The molecule has 0 spiro atoms. The van der Waals surface area contributed by atoms with Crippen LogP contribution in [0.5, 0.6) is 17.2 Å². The number of rotatable bonds is 8. The average molecular weight is 413 g/mol. The third kappa shape index (κ3) is 5.00. The highest BCUT2D eigenvalue weighted by Crippen LogP contribution is 2.33. The van der Waals surface area contributed by atoms with Crippen molar-refractivity contribution in [1.29, 1.82) is 0 Å². The summed E-state index contributed by atoms with van der Waals surface area (Å²) in [6.45, 7) is 0.228. The molecule has 8 nitrogen and oxygen atoms in total. The molecule has 2 aromatic carbocycles. The van der Waals surface area contributed by atoms with Gasteiger partial charge in [0.15, 0.2) is 11.5 Å². The molecule has 29 heavy (non-hydrogen) atoms. The molecule has 150 valence electrons. The Hall–Kier alpha value is -3.20. The fourth-order valence-corrected chi connectivity index (χ4v) is 3.57. The topological polar surface area (TPSA) is 95.7 Å². The lowest BCUT2D eigenvalue weighted by Crippen LogP contribution is -2.12. The second kappa shape index (κ2) is 8.87. The number of carbonyl (C=O) groups excluding carboxylic acids is 1. The van der Waals surface area contributed by atoms with E-state index < -0.39 is 0 Å². The number of thioether (sulfide) groups is 1. The molecule has 2 heterocycles. The van der Waals surface area contributed by atoms with Gasteiger partial charge >= 0.3 is 6.01 Å². The molecule has 9 heteroatoms. The lowest BCUT2D eigenvalue weighted by Gasteiger charge is -2.03. The Labute approximate surface area is 171 Å². The lowest BCUT2D eigenvalue weighted by molar-refractivity contribution is -0.115. The van der Waals surface area contributed by atoms with Crippen molar-refractivity contribution >= 4 is 23.7 Å². The summed E-state index contributed by atoms with van der Waals surface area (Å²) in [6, 6.07) is 13.4. The van der Waals surface area contributed by atoms with Crippen molar-refractivity contribution in [2.24, 2.45) is 0 Å². The smallest absolute Gasteiger partial charge is 0.322 e. The zero-order valence-corrected chi connectivity index (χ0v) is 16.5. The number of carbonyl (C=O) groups is 1. The van der Waals surface area contributed by atoms with E-state index >= 15 is 0 Å². The maximum Gasteiger partial charge on any atom is 0.322 e. The third-order valence-corrected chi connectivity index (χ3v) is 5.18. The lowest BCUT2D eigenvalue weighted by atomic mass is 10.1. The molecular weight excluding hydrogens is 394 g/mol. The van der Waals surface area contributed by atoms with E-state index in [1.54, 1.807) is 18.9 Å². The van der Waals surface area contributed by atoms with Gasteiger partial charge in [-0.15, -0.1) is 16.9 Å². The van der Waals surface area contributed by atoms with Crippen molar-refractivity contribution < 1.29 is 23.4 Å². The Morgan fingerprint density at radius 2 is 1.97 bits per heavy atom. The Morgan fingerprint density at radius 1 is 1.14 bits per heavy atom. The number of anilines is 1. The summed E-state index contributed by atoms with van der Waals surface area (Å²) >= 11 is 1.59. The minimum absolute atomic E-state index is 0.0974. The van der Waals surface area contributed by atoms with Crippen molar-refractivity contribution in [2.45, 2.75) is 17.7 Å². The molecule has 0 aliphatic carbocycles. The van der Waals surface area contributed by atoms with Crippen LogP contribution in [0.4, 0.5) is 6.01 Å². The Balaban J connectivity index is 1.24. The summed E-state index contributed by atoms with van der Waals surface area (Å²) in [5.41, 5.74) is 0.951. The number of benzene rings is 2. The fourth-order valence-electron chi connectivity index (χ4n) is 2.72. The van der Waals surface area contributed by atoms with Crippen LogP contribution < -0.4 is 19.5 Å². The van der Waals surface area contributed by atoms with Crippen molar-refractivity contribution in [2.75, 3.05) is 25.0 Å². The second-order valence-electron chi connectivity index (χ2n) is 6.19. The second-order valence-corrected chi connectivity index (χ2v) is 7.36. The number of nitrogens with one attached hydrogen (secondary N) is 1. The molecule has 0 saturated carbocycles. The Morgan fingerprint density at radius 3 is 2.79 bits per heavy atom. The molecule has 1 aliphatic rings. The van der Waals surface area contributed by atoms with E-state index in [4.69, 9.17) is 18.6 Å². The number of ether oxygens (including phenoxy) is 3. The van der Waals surface area contributed by atoms with E-state index in [1.807, 2.05) is 42.5 Å². The minimum Gasteiger partial charge on any atom is -0.497 e. The molecule has 0 fully saturated rings.